The SMILES string of the molecule is CN(C)c1ccc(-n2cccc2/C=N\NC(=O)c2ccc3ccccc3c2)cc1. The summed E-state index contributed by atoms with van der Waals surface area (Å²) in [7, 11) is 4.03. The lowest BCUT2D eigenvalue weighted by atomic mass is 10.1. The van der Waals surface area contributed by atoms with Crippen LogP contribution in [-0.4, -0.2) is 30.8 Å². The van der Waals surface area contributed by atoms with Gasteiger partial charge in [0.1, 0.15) is 0 Å². The molecule has 3 aromatic carbocycles. The van der Waals surface area contributed by atoms with Gasteiger partial charge in [-0.3, -0.25) is 4.79 Å². The van der Waals surface area contributed by atoms with E-state index in [1.807, 2.05) is 79.5 Å². The van der Waals surface area contributed by atoms with E-state index in [-0.39, 0.29) is 5.91 Å². The van der Waals surface area contributed by atoms with Crippen LogP contribution in [0.4, 0.5) is 5.69 Å². The van der Waals surface area contributed by atoms with Gasteiger partial charge in [-0.15, -0.1) is 0 Å². The Kier molecular flexibility index (Phi) is 5.12. The first-order valence-corrected chi connectivity index (χ1v) is 9.39. The summed E-state index contributed by atoms with van der Waals surface area (Å²) < 4.78 is 2.02. The number of carbonyl (C=O) groups is 1. The van der Waals surface area contributed by atoms with Crippen LogP contribution < -0.4 is 10.3 Å². The second-order valence-electron chi connectivity index (χ2n) is 6.97. The topological polar surface area (TPSA) is 49.6 Å². The fraction of sp³-hybridized carbons (Fsp3) is 0.0833. The largest absolute Gasteiger partial charge is 0.378 e. The normalized spacial score (nSPS) is 11.1. The molecule has 0 aliphatic heterocycles. The molecule has 0 saturated heterocycles. The molecule has 1 N–H and O–H groups in total. The summed E-state index contributed by atoms with van der Waals surface area (Å²) in [4.78, 5) is 14.5. The van der Waals surface area contributed by atoms with Crippen molar-refractivity contribution in [3.8, 4) is 5.69 Å². The highest BCUT2D eigenvalue weighted by Gasteiger charge is 2.06. The van der Waals surface area contributed by atoms with E-state index < -0.39 is 0 Å². The number of hydrogen-bond acceptors (Lipinski definition) is 3. The number of amides is 1. The van der Waals surface area contributed by atoms with Crippen LogP contribution in [0.3, 0.4) is 0 Å². The maximum atomic E-state index is 12.4. The van der Waals surface area contributed by atoms with Crippen molar-refractivity contribution in [1.82, 2.24) is 9.99 Å². The Balaban J connectivity index is 1.48. The van der Waals surface area contributed by atoms with Crippen LogP contribution in [0.15, 0.2) is 90.2 Å². The minimum absolute atomic E-state index is 0.236. The summed E-state index contributed by atoms with van der Waals surface area (Å²) in [5, 5.41) is 6.28. The van der Waals surface area contributed by atoms with Crippen molar-refractivity contribution < 1.29 is 4.79 Å². The van der Waals surface area contributed by atoms with Gasteiger partial charge in [0.2, 0.25) is 0 Å². The van der Waals surface area contributed by atoms with Gasteiger partial charge in [-0.1, -0.05) is 30.3 Å². The van der Waals surface area contributed by atoms with Gasteiger partial charge in [0.15, 0.2) is 0 Å². The molecule has 1 heterocycles. The molecule has 0 bridgehead atoms. The Morgan fingerprint density at radius 3 is 2.45 bits per heavy atom. The van der Waals surface area contributed by atoms with Crippen LogP contribution in [0.5, 0.6) is 0 Å². The van der Waals surface area contributed by atoms with Gasteiger partial charge in [-0.05, 0) is 59.3 Å². The highest BCUT2D eigenvalue weighted by Crippen LogP contribution is 2.17. The van der Waals surface area contributed by atoms with Crippen LogP contribution in [0, 0.1) is 0 Å². The van der Waals surface area contributed by atoms with E-state index in [1.165, 1.54) is 0 Å². The first-order chi connectivity index (χ1) is 14.1. The maximum Gasteiger partial charge on any atom is 0.271 e. The predicted molar refractivity (Wildman–Crippen MR) is 119 cm³/mol. The van der Waals surface area contributed by atoms with E-state index in [9.17, 15) is 4.79 Å². The minimum Gasteiger partial charge on any atom is -0.378 e. The highest BCUT2D eigenvalue weighted by molar-refractivity contribution is 5.98. The molecule has 29 heavy (non-hydrogen) atoms. The van der Waals surface area contributed by atoms with Crippen molar-refractivity contribution in [2.45, 2.75) is 0 Å². The second-order valence-corrected chi connectivity index (χ2v) is 6.97. The van der Waals surface area contributed by atoms with Crippen molar-refractivity contribution in [3.63, 3.8) is 0 Å². The molecule has 0 saturated carbocycles. The molecule has 5 heteroatoms. The highest BCUT2D eigenvalue weighted by atomic mass is 16.2. The van der Waals surface area contributed by atoms with Gasteiger partial charge in [0.05, 0.1) is 11.9 Å². The predicted octanol–water partition coefficient (Wildman–Crippen LogP) is 4.46. The monoisotopic (exact) mass is 382 g/mol. The van der Waals surface area contributed by atoms with Crippen molar-refractivity contribution in [1.29, 1.82) is 0 Å². The average molecular weight is 382 g/mol. The molecule has 0 atom stereocenters. The van der Waals surface area contributed by atoms with Gasteiger partial charge >= 0.3 is 0 Å². The third kappa shape index (κ3) is 4.04. The molecule has 0 aliphatic carbocycles. The first kappa shape index (κ1) is 18.5. The van der Waals surface area contributed by atoms with E-state index in [2.05, 4.69) is 39.7 Å². The van der Waals surface area contributed by atoms with Crippen LogP contribution in [0.1, 0.15) is 16.1 Å². The Hall–Kier alpha value is -3.86. The average Bonchev–Trinajstić information content (AvgIpc) is 3.22. The lowest BCUT2D eigenvalue weighted by Crippen LogP contribution is -2.17. The zero-order valence-electron chi connectivity index (χ0n) is 16.4. The van der Waals surface area contributed by atoms with Gasteiger partial charge in [-0.2, -0.15) is 5.10 Å². The van der Waals surface area contributed by atoms with Crippen LogP contribution in [-0.2, 0) is 0 Å². The summed E-state index contributed by atoms with van der Waals surface area (Å²) in [5.74, 6) is -0.236. The summed E-state index contributed by atoms with van der Waals surface area (Å²) in [6.07, 6.45) is 3.62. The number of rotatable bonds is 5. The first-order valence-electron chi connectivity index (χ1n) is 9.39. The number of benzene rings is 3. The lowest BCUT2D eigenvalue weighted by Gasteiger charge is -2.13. The standard InChI is InChI=1S/C24H22N4O/c1-27(2)21-11-13-22(14-12-21)28-15-5-8-23(28)17-25-26-24(29)20-10-9-18-6-3-4-7-19(18)16-20/h3-17H,1-2H3,(H,26,29)/b25-17-. The quantitative estimate of drug-likeness (QED) is 0.409. The summed E-state index contributed by atoms with van der Waals surface area (Å²) in [6.45, 7) is 0. The molecule has 0 radical (unpaired) electrons. The van der Waals surface area contributed by atoms with Gasteiger partial charge < -0.3 is 9.47 Å². The number of hydrogen-bond donors (Lipinski definition) is 1. The molecule has 0 unspecified atom stereocenters. The van der Waals surface area contributed by atoms with Gasteiger partial charge in [0.25, 0.3) is 5.91 Å². The smallest absolute Gasteiger partial charge is 0.271 e. The maximum absolute atomic E-state index is 12.4. The molecule has 0 spiro atoms. The number of nitrogens with zero attached hydrogens (tertiary/aromatic N) is 3. The molecular weight excluding hydrogens is 360 g/mol. The van der Waals surface area contributed by atoms with E-state index in [0.717, 1.165) is 27.8 Å². The van der Waals surface area contributed by atoms with Gasteiger partial charge in [-0.25, -0.2) is 5.43 Å². The number of fused-ring (bicyclic) bond motifs is 1. The molecule has 0 fully saturated rings. The zero-order valence-corrected chi connectivity index (χ0v) is 16.4. The van der Waals surface area contributed by atoms with Crippen LogP contribution in [0.25, 0.3) is 16.5 Å². The van der Waals surface area contributed by atoms with E-state index in [4.69, 9.17) is 0 Å². The minimum atomic E-state index is -0.236. The number of carbonyl (C=O) groups excluding carboxylic acids is 1. The van der Waals surface area contributed by atoms with Crippen molar-refractivity contribution in [2.75, 3.05) is 19.0 Å². The number of nitrogens with one attached hydrogen (secondary N) is 1. The molecular formula is C24H22N4O. The molecule has 1 amide bonds. The van der Waals surface area contributed by atoms with Crippen LogP contribution in [0.2, 0.25) is 0 Å². The Morgan fingerprint density at radius 1 is 0.931 bits per heavy atom. The zero-order chi connectivity index (χ0) is 20.2. The van der Waals surface area contributed by atoms with E-state index in [0.29, 0.717) is 5.56 Å². The summed E-state index contributed by atoms with van der Waals surface area (Å²) >= 11 is 0. The molecule has 4 rings (SSSR count). The van der Waals surface area contributed by atoms with Crippen molar-refractivity contribution in [3.05, 3.63) is 96.3 Å². The molecule has 144 valence electrons. The Bertz CT molecular complexity index is 1170. The summed E-state index contributed by atoms with van der Waals surface area (Å²) in [5.41, 5.74) is 6.24. The van der Waals surface area contributed by atoms with Crippen LogP contribution >= 0.6 is 0 Å². The van der Waals surface area contributed by atoms with E-state index in [1.54, 1.807) is 6.21 Å². The molecule has 5 nitrogen and oxygen atoms in total. The fourth-order valence-corrected chi connectivity index (χ4v) is 3.20. The molecule has 0 aliphatic rings. The Labute approximate surface area is 169 Å². The third-order valence-corrected chi connectivity index (χ3v) is 4.80. The van der Waals surface area contributed by atoms with E-state index >= 15 is 0 Å². The van der Waals surface area contributed by atoms with Crippen molar-refractivity contribution >= 4 is 28.6 Å². The fourth-order valence-electron chi connectivity index (χ4n) is 3.20. The lowest BCUT2D eigenvalue weighted by molar-refractivity contribution is 0.0955. The summed E-state index contributed by atoms with van der Waals surface area (Å²) in [6, 6.07) is 25.7. The third-order valence-electron chi connectivity index (χ3n) is 4.80. The second kappa shape index (κ2) is 8.02. The molecule has 1 aromatic heterocycles. The number of anilines is 1. The number of aromatic nitrogens is 1. The number of hydrazone groups is 1. The molecule has 4 aromatic rings. The Morgan fingerprint density at radius 2 is 1.69 bits per heavy atom. The van der Waals surface area contributed by atoms with Gasteiger partial charge in [0, 0.05) is 37.2 Å². The van der Waals surface area contributed by atoms with Crippen molar-refractivity contribution in [2.24, 2.45) is 5.10 Å².